The zero-order valence-electron chi connectivity index (χ0n) is 16.8. The average molecular weight is 420 g/mol. The molecule has 2 atom stereocenters. The van der Waals surface area contributed by atoms with Crippen molar-refractivity contribution >= 4 is 23.4 Å². The molecular weight excluding hydrogens is 396 g/mol. The lowest BCUT2D eigenvalue weighted by molar-refractivity contribution is 0.0999. The second-order valence-corrected chi connectivity index (χ2v) is 7.48. The number of carbonyl (C=O) groups excluding carboxylic acids is 1. The molecule has 1 fully saturated rings. The van der Waals surface area contributed by atoms with Crippen LogP contribution in [0, 0.1) is 0 Å². The normalized spacial score (nSPS) is 18.4. The summed E-state index contributed by atoms with van der Waals surface area (Å²) in [6, 6.07) is 8.94. The van der Waals surface area contributed by atoms with Gasteiger partial charge in [0.1, 0.15) is 5.56 Å². The Labute approximate surface area is 178 Å². The number of aromatic nitrogens is 4. The molecule has 160 valence electrons. The maximum Gasteiger partial charge on any atom is 0.267 e. The van der Waals surface area contributed by atoms with Crippen molar-refractivity contribution in [2.75, 3.05) is 10.6 Å². The van der Waals surface area contributed by atoms with Gasteiger partial charge in [0.15, 0.2) is 11.6 Å². The summed E-state index contributed by atoms with van der Waals surface area (Å²) >= 11 is 0. The molecule has 1 amide bonds. The monoisotopic (exact) mass is 420 g/mol. The number of nitrogens with one attached hydrogen (secondary N) is 3. The van der Waals surface area contributed by atoms with Crippen molar-refractivity contribution in [3.05, 3.63) is 58.6 Å². The molecule has 2 aromatic heterocycles. The van der Waals surface area contributed by atoms with Gasteiger partial charge < -0.3 is 22.1 Å². The number of nitrogens with two attached hydrogens (primary N) is 2. The highest BCUT2D eigenvalue weighted by atomic mass is 16.2. The SMILES string of the molecule is NC(=O)c1c(Nc2cccc(-c3ncccn3)c2)nc(NC2CCCCC2N)[nH]c1=O. The first kappa shape index (κ1) is 20.5. The van der Waals surface area contributed by atoms with Gasteiger partial charge in [0.25, 0.3) is 11.5 Å². The molecule has 2 heterocycles. The number of amides is 1. The van der Waals surface area contributed by atoms with Crippen molar-refractivity contribution in [1.29, 1.82) is 0 Å². The van der Waals surface area contributed by atoms with Gasteiger partial charge in [-0.05, 0) is 31.0 Å². The molecular formula is C21H24N8O2. The van der Waals surface area contributed by atoms with Gasteiger partial charge in [-0.25, -0.2) is 9.97 Å². The number of hydrogen-bond donors (Lipinski definition) is 5. The van der Waals surface area contributed by atoms with E-state index in [1.54, 1.807) is 30.6 Å². The largest absolute Gasteiger partial charge is 0.365 e. The minimum absolute atomic E-state index is 0.0114. The molecule has 31 heavy (non-hydrogen) atoms. The molecule has 10 heteroatoms. The molecule has 2 unspecified atom stereocenters. The minimum atomic E-state index is -0.875. The van der Waals surface area contributed by atoms with Crippen LogP contribution in [0.1, 0.15) is 36.0 Å². The molecule has 1 aliphatic rings. The van der Waals surface area contributed by atoms with Crippen LogP contribution in [0.25, 0.3) is 11.4 Å². The Bertz CT molecular complexity index is 1130. The van der Waals surface area contributed by atoms with Crippen LogP contribution in [0.3, 0.4) is 0 Å². The van der Waals surface area contributed by atoms with Crippen LogP contribution in [-0.4, -0.2) is 37.9 Å². The van der Waals surface area contributed by atoms with Crippen molar-refractivity contribution in [1.82, 2.24) is 19.9 Å². The third-order valence-electron chi connectivity index (χ3n) is 5.26. The molecule has 0 saturated heterocycles. The highest BCUT2D eigenvalue weighted by Gasteiger charge is 2.24. The molecule has 7 N–H and O–H groups in total. The Kier molecular flexibility index (Phi) is 5.89. The minimum Gasteiger partial charge on any atom is -0.365 e. The highest BCUT2D eigenvalue weighted by molar-refractivity contribution is 5.98. The number of benzene rings is 1. The second kappa shape index (κ2) is 8.92. The molecule has 0 radical (unpaired) electrons. The summed E-state index contributed by atoms with van der Waals surface area (Å²) in [7, 11) is 0. The molecule has 4 rings (SSSR count). The summed E-state index contributed by atoms with van der Waals surface area (Å²) in [6.07, 6.45) is 7.22. The van der Waals surface area contributed by atoms with E-state index in [9.17, 15) is 9.59 Å². The summed E-state index contributed by atoms with van der Waals surface area (Å²) in [6.45, 7) is 0. The molecule has 0 spiro atoms. The number of nitrogens with zero attached hydrogens (tertiary/aromatic N) is 3. The lowest BCUT2D eigenvalue weighted by atomic mass is 9.91. The zero-order chi connectivity index (χ0) is 21.8. The van der Waals surface area contributed by atoms with Crippen LogP contribution in [0.2, 0.25) is 0 Å². The second-order valence-electron chi connectivity index (χ2n) is 7.48. The van der Waals surface area contributed by atoms with E-state index in [1.807, 2.05) is 12.1 Å². The van der Waals surface area contributed by atoms with Crippen LogP contribution < -0.4 is 27.7 Å². The third kappa shape index (κ3) is 4.69. The third-order valence-corrected chi connectivity index (χ3v) is 5.26. The quantitative estimate of drug-likeness (QED) is 0.402. The summed E-state index contributed by atoms with van der Waals surface area (Å²) in [5, 5.41) is 6.23. The van der Waals surface area contributed by atoms with Gasteiger partial charge in [-0.15, -0.1) is 0 Å². The fourth-order valence-electron chi connectivity index (χ4n) is 3.70. The van der Waals surface area contributed by atoms with E-state index in [4.69, 9.17) is 11.5 Å². The molecule has 1 aliphatic carbocycles. The molecule has 0 aliphatic heterocycles. The first-order valence-electron chi connectivity index (χ1n) is 10.1. The van der Waals surface area contributed by atoms with Crippen molar-refractivity contribution in [2.24, 2.45) is 11.5 Å². The predicted molar refractivity (Wildman–Crippen MR) is 118 cm³/mol. The zero-order valence-corrected chi connectivity index (χ0v) is 16.8. The number of carbonyl (C=O) groups is 1. The van der Waals surface area contributed by atoms with E-state index >= 15 is 0 Å². The Morgan fingerprint density at radius 2 is 1.90 bits per heavy atom. The van der Waals surface area contributed by atoms with Gasteiger partial charge in [-0.2, -0.15) is 4.98 Å². The maximum absolute atomic E-state index is 12.6. The van der Waals surface area contributed by atoms with Gasteiger partial charge in [-0.1, -0.05) is 25.0 Å². The highest BCUT2D eigenvalue weighted by Crippen LogP contribution is 2.24. The van der Waals surface area contributed by atoms with Crippen molar-refractivity contribution < 1.29 is 4.79 Å². The van der Waals surface area contributed by atoms with E-state index < -0.39 is 11.5 Å². The van der Waals surface area contributed by atoms with E-state index in [0.29, 0.717) is 11.5 Å². The maximum atomic E-state index is 12.6. The Morgan fingerprint density at radius 3 is 2.65 bits per heavy atom. The van der Waals surface area contributed by atoms with Gasteiger partial charge in [0.2, 0.25) is 5.95 Å². The Morgan fingerprint density at radius 1 is 1.13 bits per heavy atom. The van der Waals surface area contributed by atoms with E-state index in [2.05, 4.69) is 30.6 Å². The molecule has 1 saturated carbocycles. The number of primary amides is 1. The van der Waals surface area contributed by atoms with E-state index in [-0.39, 0.29) is 29.4 Å². The number of H-pyrrole nitrogens is 1. The van der Waals surface area contributed by atoms with Crippen LogP contribution in [0.5, 0.6) is 0 Å². The van der Waals surface area contributed by atoms with E-state index in [1.165, 1.54) is 0 Å². The van der Waals surface area contributed by atoms with Crippen molar-refractivity contribution in [3.8, 4) is 11.4 Å². The lowest BCUT2D eigenvalue weighted by Gasteiger charge is -2.29. The van der Waals surface area contributed by atoms with Gasteiger partial charge in [0, 0.05) is 35.7 Å². The smallest absolute Gasteiger partial charge is 0.267 e. The van der Waals surface area contributed by atoms with Crippen molar-refractivity contribution in [2.45, 2.75) is 37.8 Å². The number of rotatable bonds is 6. The Hall–Kier alpha value is -3.79. The fraction of sp³-hybridized carbons (Fsp3) is 0.286. The van der Waals surface area contributed by atoms with Gasteiger partial charge in [-0.3, -0.25) is 14.6 Å². The Balaban J connectivity index is 1.66. The lowest BCUT2D eigenvalue weighted by Crippen LogP contribution is -2.43. The number of hydrogen-bond acceptors (Lipinski definition) is 8. The summed E-state index contributed by atoms with van der Waals surface area (Å²) in [5.41, 5.74) is 12.1. The van der Waals surface area contributed by atoms with Crippen molar-refractivity contribution in [3.63, 3.8) is 0 Å². The average Bonchev–Trinajstić information content (AvgIpc) is 2.76. The predicted octanol–water partition coefficient (Wildman–Crippen LogP) is 1.75. The molecule has 1 aromatic carbocycles. The topological polar surface area (TPSA) is 165 Å². The standard InChI is InChI=1S/C21H24N8O2/c22-14-7-1-2-8-15(14)27-21-28-19(16(17(23)30)20(31)29-21)26-13-6-3-5-12(11-13)18-24-9-4-10-25-18/h3-6,9-11,14-15H,1-2,7-8,22H2,(H2,23,30)(H3,26,27,28,29,31). The molecule has 0 bridgehead atoms. The van der Waals surface area contributed by atoms with Gasteiger partial charge in [0.05, 0.1) is 0 Å². The van der Waals surface area contributed by atoms with E-state index in [0.717, 1.165) is 31.2 Å². The first-order chi connectivity index (χ1) is 15.0. The first-order valence-corrected chi connectivity index (χ1v) is 10.1. The summed E-state index contributed by atoms with van der Waals surface area (Å²) in [4.78, 5) is 40.0. The van der Waals surface area contributed by atoms with Crippen LogP contribution in [-0.2, 0) is 0 Å². The van der Waals surface area contributed by atoms with Gasteiger partial charge >= 0.3 is 0 Å². The van der Waals surface area contributed by atoms with Crippen LogP contribution in [0.4, 0.5) is 17.5 Å². The fourth-order valence-corrected chi connectivity index (χ4v) is 3.70. The number of anilines is 3. The summed E-state index contributed by atoms with van der Waals surface area (Å²) in [5.74, 6) is -0.0230. The molecule has 10 nitrogen and oxygen atoms in total. The molecule has 3 aromatic rings. The van der Waals surface area contributed by atoms with Crippen LogP contribution in [0.15, 0.2) is 47.5 Å². The number of aromatic amines is 1. The van der Waals surface area contributed by atoms with Crippen LogP contribution >= 0.6 is 0 Å². The summed E-state index contributed by atoms with van der Waals surface area (Å²) < 4.78 is 0.